The number of aliphatic hydroxyl groups excluding tert-OH is 1. The number of thiophene rings is 1. The van der Waals surface area contributed by atoms with Crippen molar-refractivity contribution in [2.45, 2.75) is 18.4 Å². The van der Waals surface area contributed by atoms with E-state index in [4.69, 9.17) is 0 Å². The third-order valence-corrected chi connectivity index (χ3v) is 6.15. The van der Waals surface area contributed by atoms with Gasteiger partial charge in [0.25, 0.3) is 0 Å². The molecule has 1 nitrogen and oxygen atoms in total. The molecule has 0 radical (unpaired) electrons. The molecule has 1 aliphatic rings. The molecule has 0 saturated carbocycles. The van der Waals surface area contributed by atoms with Crippen molar-refractivity contribution < 1.29 is 5.11 Å². The van der Waals surface area contributed by atoms with Gasteiger partial charge in [0.05, 0.1) is 6.10 Å². The van der Waals surface area contributed by atoms with E-state index >= 15 is 0 Å². The molecular formula is C17H13BrOS. The van der Waals surface area contributed by atoms with Crippen molar-refractivity contribution >= 4 is 37.4 Å². The predicted molar refractivity (Wildman–Crippen MR) is 87.4 cm³/mol. The van der Waals surface area contributed by atoms with Gasteiger partial charge in [-0.25, -0.2) is 0 Å². The number of benzene rings is 2. The lowest BCUT2D eigenvalue weighted by Crippen LogP contribution is -2.23. The molecule has 100 valence electrons. The van der Waals surface area contributed by atoms with Crippen LogP contribution < -0.4 is 0 Å². The summed E-state index contributed by atoms with van der Waals surface area (Å²) in [6, 6.07) is 14.6. The van der Waals surface area contributed by atoms with Gasteiger partial charge in [-0.2, -0.15) is 0 Å². The third-order valence-electron chi connectivity index (χ3n) is 4.18. The first kappa shape index (κ1) is 12.6. The van der Waals surface area contributed by atoms with Gasteiger partial charge in [0.15, 0.2) is 0 Å². The Kier molecular flexibility index (Phi) is 2.95. The van der Waals surface area contributed by atoms with Crippen LogP contribution in [-0.4, -0.2) is 5.11 Å². The average molecular weight is 345 g/mol. The molecule has 3 heteroatoms. The molecular weight excluding hydrogens is 332 g/mol. The molecule has 1 heterocycles. The van der Waals surface area contributed by atoms with Gasteiger partial charge in [0.1, 0.15) is 0 Å². The molecule has 1 aromatic heterocycles. The molecule has 0 spiro atoms. The second-order valence-corrected chi connectivity index (χ2v) is 7.00. The molecule has 0 amide bonds. The van der Waals surface area contributed by atoms with Crippen LogP contribution >= 0.6 is 27.3 Å². The Morgan fingerprint density at radius 3 is 2.85 bits per heavy atom. The zero-order valence-corrected chi connectivity index (χ0v) is 13.1. The normalized spacial score (nSPS) is 18.6. The lowest BCUT2D eigenvalue weighted by molar-refractivity contribution is 0.136. The Morgan fingerprint density at radius 2 is 2.00 bits per heavy atom. The lowest BCUT2D eigenvalue weighted by Gasteiger charge is -2.33. The summed E-state index contributed by atoms with van der Waals surface area (Å²) in [7, 11) is 0. The highest BCUT2D eigenvalue weighted by molar-refractivity contribution is 9.10. The van der Waals surface area contributed by atoms with E-state index in [0.717, 1.165) is 16.5 Å². The molecule has 3 aromatic rings. The fraction of sp³-hybridized carbons (Fsp3) is 0.176. The summed E-state index contributed by atoms with van der Waals surface area (Å²) in [5, 5.41) is 14.0. The van der Waals surface area contributed by atoms with Gasteiger partial charge in [-0.1, -0.05) is 36.4 Å². The highest BCUT2D eigenvalue weighted by Crippen LogP contribution is 2.46. The highest BCUT2D eigenvalue weighted by atomic mass is 79.9. The van der Waals surface area contributed by atoms with E-state index in [1.54, 1.807) is 11.3 Å². The Morgan fingerprint density at radius 1 is 1.15 bits per heavy atom. The lowest BCUT2D eigenvalue weighted by atomic mass is 9.73. The Hall–Kier alpha value is -1.16. The smallest absolute Gasteiger partial charge is 0.0875 e. The second-order valence-electron chi connectivity index (χ2n) is 5.26. The summed E-state index contributed by atoms with van der Waals surface area (Å²) >= 11 is 5.28. The van der Waals surface area contributed by atoms with Crippen molar-refractivity contribution in [1.29, 1.82) is 0 Å². The van der Waals surface area contributed by atoms with Gasteiger partial charge in [-0.05, 0) is 55.9 Å². The van der Waals surface area contributed by atoms with Crippen molar-refractivity contribution in [2.24, 2.45) is 0 Å². The topological polar surface area (TPSA) is 20.2 Å². The summed E-state index contributed by atoms with van der Waals surface area (Å²) in [6.07, 6.45) is 0.566. The van der Waals surface area contributed by atoms with Crippen LogP contribution in [0, 0.1) is 0 Å². The Bertz CT molecular complexity index is 793. The molecule has 0 saturated heterocycles. The molecule has 1 N–H and O–H groups in total. The molecule has 0 bridgehead atoms. The minimum Gasteiger partial charge on any atom is -0.388 e. The molecule has 2 aromatic carbocycles. The van der Waals surface area contributed by atoms with Crippen LogP contribution in [0.4, 0.5) is 0 Å². The van der Waals surface area contributed by atoms with E-state index in [1.165, 1.54) is 21.2 Å². The van der Waals surface area contributed by atoms with Crippen molar-refractivity contribution in [3.63, 3.8) is 0 Å². The molecule has 0 fully saturated rings. The maximum atomic E-state index is 10.8. The maximum Gasteiger partial charge on any atom is 0.0875 e. The summed E-state index contributed by atoms with van der Waals surface area (Å²) in [4.78, 5) is 0. The third kappa shape index (κ3) is 1.77. The van der Waals surface area contributed by atoms with Crippen LogP contribution in [0.1, 0.15) is 28.7 Å². The van der Waals surface area contributed by atoms with E-state index < -0.39 is 6.10 Å². The van der Waals surface area contributed by atoms with Crippen molar-refractivity contribution in [3.05, 3.63) is 69.0 Å². The summed E-state index contributed by atoms with van der Waals surface area (Å²) in [6.45, 7) is 0. The van der Waals surface area contributed by atoms with Gasteiger partial charge >= 0.3 is 0 Å². The van der Waals surface area contributed by atoms with Crippen molar-refractivity contribution in [2.75, 3.05) is 0 Å². The number of hydrogen-bond acceptors (Lipinski definition) is 2. The zero-order chi connectivity index (χ0) is 13.7. The number of aliphatic hydroxyl groups is 1. The van der Waals surface area contributed by atoms with Gasteiger partial charge < -0.3 is 5.11 Å². The first-order valence-corrected chi connectivity index (χ1v) is 8.34. The average Bonchev–Trinajstić information content (AvgIpc) is 2.85. The number of rotatable bonds is 2. The zero-order valence-electron chi connectivity index (χ0n) is 10.7. The van der Waals surface area contributed by atoms with Crippen LogP contribution in [0.25, 0.3) is 10.1 Å². The molecule has 20 heavy (non-hydrogen) atoms. The summed E-state index contributed by atoms with van der Waals surface area (Å²) < 4.78 is 2.32. The van der Waals surface area contributed by atoms with Gasteiger partial charge in [-0.15, -0.1) is 11.3 Å². The maximum absolute atomic E-state index is 10.8. The quantitative estimate of drug-likeness (QED) is 0.690. The van der Waals surface area contributed by atoms with E-state index in [9.17, 15) is 5.11 Å². The van der Waals surface area contributed by atoms with Crippen LogP contribution in [-0.2, 0) is 6.42 Å². The Balaban J connectivity index is 1.76. The van der Waals surface area contributed by atoms with Gasteiger partial charge in [0.2, 0.25) is 0 Å². The number of hydrogen-bond donors (Lipinski definition) is 1. The SMILES string of the molecule is OC(c1csc2c(Br)cccc12)C1Cc2ccccc21. The standard InChI is InChI=1S/C17H13BrOS/c18-15-7-3-6-12-14(9-20-17(12)15)16(19)13-8-10-4-1-2-5-11(10)13/h1-7,9,13,16,19H,8H2. The predicted octanol–water partition coefficient (Wildman–Crippen LogP) is 5.04. The van der Waals surface area contributed by atoms with Crippen LogP contribution in [0.2, 0.25) is 0 Å². The summed E-state index contributed by atoms with van der Waals surface area (Å²) in [5.74, 6) is 0.239. The largest absolute Gasteiger partial charge is 0.388 e. The molecule has 1 aliphatic carbocycles. The summed E-state index contributed by atoms with van der Waals surface area (Å²) in [5.41, 5.74) is 3.73. The fourth-order valence-electron chi connectivity index (χ4n) is 3.07. The number of halogens is 1. The van der Waals surface area contributed by atoms with E-state index in [-0.39, 0.29) is 5.92 Å². The second kappa shape index (κ2) is 4.69. The Labute approximate surface area is 130 Å². The van der Waals surface area contributed by atoms with E-state index in [0.29, 0.717) is 0 Å². The molecule has 0 aliphatic heterocycles. The van der Waals surface area contributed by atoms with Crippen LogP contribution in [0.15, 0.2) is 52.3 Å². The first-order chi connectivity index (χ1) is 9.75. The first-order valence-electron chi connectivity index (χ1n) is 6.67. The van der Waals surface area contributed by atoms with Crippen LogP contribution in [0.5, 0.6) is 0 Å². The van der Waals surface area contributed by atoms with Crippen molar-refractivity contribution in [1.82, 2.24) is 0 Å². The van der Waals surface area contributed by atoms with Crippen LogP contribution in [0.3, 0.4) is 0 Å². The number of fused-ring (bicyclic) bond motifs is 2. The van der Waals surface area contributed by atoms with E-state index in [2.05, 4.69) is 51.6 Å². The van der Waals surface area contributed by atoms with Crippen molar-refractivity contribution in [3.8, 4) is 0 Å². The minimum atomic E-state index is -0.409. The molecule has 4 rings (SSSR count). The van der Waals surface area contributed by atoms with E-state index in [1.807, 2.05) is 12.1 Å². The minimum absolute atomic E-state index is 0.239. The van der Waals surface area contributed by atoms with Gasteiger partial charge in [0, 0.05) is 15.1 Å². The molecule has 2 unspecified atom stereocenters. The molecule has 2 atom stereocenters. The highest BCUT2D eigenvalue weighted by Gasteiger charge is 2.33. The fourth-order valence-corrected chi connectivity index (χ4v) is 4.72. The van der Waals surface area contributed by atoms with Gasteiger partial charge in [-0.3, -0.25) is 0 Å². The monoisotopic (exact) mass is 344 g/mol.